The molecule has 0 amide bonds. The lowest BCUT2D eigenvalue weighted by Gasteiger charge is -1.97. The van der Waals surface area contributed by atoms with Gasteiger partial charge in [0.05, 0.1) is 0 Å². The Morgan fingerprint density at radius 1 is 1.21 bits per heavy atom. The van der Waals surface area contributed by atoms with Crippen LogP contribution in [0.15, 0.2) is 22.6 Å². The van der Waals surface area contributed by atoms with Crippen LogP contribution in [0.3, 0.4) is 0 Å². The maximum absolute atomic E-state index is 5.63. The van der Waals surface area contributed by atoms with Gasteiger partial charge in [-0.1, -0.05) is 19.4 Å². The molecule has 74 valence electrons. The second-order valence-corrected chi connectivity index (χ2v) is 3.86. The molecule has 14 heavy (non-hydrogen) atoms. The Morgan fingerprint density at radius 2 is 2.00 bits per heavy atom. The first kappa shape index (κ1) is 9.32. The summed E-state index contributed by atoms with van der Waals surface area (Å²) >= 11 is 0. The Morgan fingerprint density at radius 3 is 2.71 bits per heavy atom. The Hall–Kier alpha value is -1.24. The molecule has 0 radical (unpaired) electrons. The number of aryl methyl sites for hydroxylation is 3. The molecule has 0 unspecified atom stereocenters. The molecule has 0 fully saturated rings. The lowest BCUT2D eigenvalue weighted by molar-refractivity contribution is 0.575. The van der Waals surface area contributed by atoms with Gasteiger partial charge in [0, 0.05) is 5.39 Å². The Kier molecular flexibility index (Phi) is 2.32. The minimum atomic E-state index is 1.01. The van der Waals surface area contributed by atoms with Crippen LogP contribution in [0.1, 0.15) is 30.2 Å². The molecule has 0 aliphatic carbocycles. The summed E-state index contributed by atoms with van der Waals surface area (Å²) in [5.74, 6) is 1.04. The molecule has 0 aliphatic heterocycles. The van der Waals surface area contributed by atoms with Crippen LogP contribution in [0, 0.1) is 13.8 Å². The highest BCUT2D eigenvalue weighted by molar-refractivity contribution is 5.82. The molecule has 1 heterocycles. The van der Waals surface area contributed by atoms with Crippen LogP contribution >= 0.6 is 0 Å². The summed E-state index contributed by atoms with van der Waals surface area (Å²) in [4.78, 5) is 0. The van der Waals surface area contributed by atoms with Gasteiger partial charge in [0.2, 0.25) is 0 Å². The van der Waals surface area contributed by atoms with Crippen LogP contribution in [0.4, 0.5) is 0 Å². The van der Waals surface area contributed by atoms with Crippen LogP contribution < -0.4 is 0 Å². The van der Waals surface area contributed by atoms with Gasteiger partial charge in [0.15, 0.2) is 0 Å². The lowest BCUT2D eigenvalue weighted by atomic mass is 10.1. The van der Waals surface area contributed by atoms with Crippen LogP contribution in [-0.2, 0) is 6.42 Å². The molecule has 0 spiro atoms. The van der Waals surface area contributed by atoms with Crippen molar-refractivity contribution in [2.75, 3.05) is 0 Å². The van der Waals surface area contributed by atoms with Crippen molar-refractivity contribution in [1.29, 1.82) is 0 Å². The zero-order valence-corrected chi connectivity index (χ0v) is 9.05. The molecule has 1 aromatic heterocycles. The van der Waals surface area contributed by atoms with Crippen LogP contribution in [0.2, 0.25) is 0 Å². The van der Waals surface area contributed by atoms with Crippen LogP contribution in [-0.4, -0.2) is 0 Å². The third kappa shape index (κ3) is 1.43. The van der Waals surface area contributed by atoms with Crippen molar-refractivity contribution in [1.82, 2.24) is 0 Å². The van der Waals surface area contributed by atoms with Gasteiger partial charge >= 0.3 is 0 Å². The molecular formula is C13H16O. The number of hydrogen-bond donors (Lipinski definition) is 0. The van der Waals surface area contributed by atoms with Crippen LogP contribution in [0.5, 0.6) is 0 Å². The largest absolute Gasteiger partial charge is 0.461 e. The quantitative estimate of drug-likeness (QED) is 0.694. The summed E-state index contributed by atoms with van der Waals surface area (Å²) in [6.45, 7) is 6.35. The van der Waals surface area contributed by atoms with Crippen molar-refractivity contribution >= 4 is 11.0 Å². The van der Waals surface area contributed by atoms with Gasteiger partial charge in [-0.15, -0.1) is 0 Å². The highest BCUT2D eigenvalue weighted by atomic mass is 16.3. The monoisotopic (exact) mass is 188 g/mol. The molecule has 0 N–H and O–H groups in total. The topological polar surface area (TPSA) is 13.1 Å². The molecule has 0 atom stereocenters. The van der Waals surface area contributed by atoms with E-state index in [4.69, 9.17) is 4.42 Å². The van der Waals surface area contributed by atoms with Gasteiger partial charge in [-0.3, -0.25) is 0 Å². The first-order valence-electron chi connectivity index (χ1n) is 5.21. The number of benzene rings is 1. The smallest absolute Gasteiger partial charge is 0.134 e. The van der Waals surface area contributed by atoms with Crippen molar-refractivity contribution in [3.63, 3.8) is 0 Å². The molecule has 2 rings (SSSR count). The zero-order chi connectivity index (χ0) is 10.1. The third-order valence-electron chi connectivity index (χ3n) is 2.78. The predicted octanol–water partition coefficient (Wildman–Crippen LogP) is 4.00. The molecule has 0 bridgehead atoms. The number of fused-ring (bicyclic) bond motifs is 1. The third-order valence-corrected chi connectivity index (χ3v) is 2.78. The van der Waals surface area contributed by atoms with Gasteiger partial charge in [0.1, 0.15) is 11.3 Å². The van der Waals surface area contributed by atoms with E-state index < -0.39 is 0 Å². The van der Waals surface area contributed by atoms with Crippen molar-refractivity contribution in [2.24, 2.45) is 0 Å². The number of hydrogen-bond acceptors (Lipinski definition) is 1. The summed E-state index contributed by atoms with van der Waals surface area (Å²) in [7, 11) is 0. The molecule has 0 aliphatic rings. The fourth-order valence-corrected chi connectivity index (χ4v) is 1.83. The van der Waals surface area contributed by atoms with Gasteiger partial charge < -0.3 is 4.42 Å². The maximum Gasteiger partial charge on any atom is 0.134 e. The average Bonchev–Trinajstić information content (AvgIpc) is 2.45. The van der Waals surface area contributed by atoms with Crippen molar-refractivity contribution < 1.29 is 4.42 Å². The number of furan rings is 1. The van der Waals surface area contributed by atoms with E-state index in [2.05, 4.69) is 32.0 Å². The molecule has 1 nitrogen and oxygen atoms in total. The highest BCUT2D eigenvalue weighted by Gasteiger charge is 2.06. The molecule has 2 aromatic rings. The Balaban J connectivity index is 2.58. The number of rotatable bonds is 2. The molecular weight excluding hydrogens is 172 g/mol. The minimum absolute atomic E-state index is 1.01. The second-order valence-electron chi connectivity index (χ2n) is 3.86. The van der Waals surface area contributed by atoms with E-state index in [1.807, 2.05) is 6.92 Å². The molecule has 0 saturated carbocycles. The molecule has 1 heteroatoms. The summed E-state index contributed by atoms with van der Waals surface area (Å²) in [6, 6.07) is 6.50. The van der Waals surface area contributed by atoms with Crippen LogP contribution in [0.25, 0.3) is 11.0 Å². The fraction of sp³-hybridized carbons (Fsp3) is 0.385. The normalized spacial score (nSPS) is 11.1. The Labute approximate surface area is 84.7 Å². The summed E-state index contributed by atoms with van der Waals surface area (Å²) in [5, 5.41) is 1.27. The van der Waals surface area contributed by atoms with E-state index in [1.165, 1.54) is 22.9 Å². The lowest BCUT2D eigenvalue weighted by Crippen LogP contribution is -1.82. The standard InChI is InChI=1S/C13H16O/c1-4-5-11-6-7-13-12(8-11)9(2)10(3)14-13/h6-8H,4-5H2,1-3H3. The second kappa shape index (κ2) is 3.49. The van der Waals surface area contributed by atoms with Crippen molar-refractivity contribution in [2.45, 2.75) is 33.6 Å². The van der Waals surface area contributed by atoms with E-state index >= 15 is 0 Å². The van der Waals surface area contributed by atoms with Crippen molar-refractivity contribution in [3.05, 3.63) is 35.1 Å². The summed E-state index contributed by atoms with van der Waals surface area (Å²) in [5.41, 5.74) is 3.70. The van der Waals surface area contributed by atoms with E-state index in [0.29, 0.717) is 0 Å². The average molecular weight is 188 g/mol. The van der Waals surface area contributed by atoms with Gasteiger partial charge in [-0.2, -0.15) is 0 Å². The predicted molar refractivity (Wildman–Crippen MR) is 59.7 cm³/mol. The highest BCUT2D eigenvalue weighted by Crippen LogP contribution is 2.25. The van der Waals surface area contributed by atoms with E-state index in [9.17, 15) is 0 Å². The zero-order valence-electron chi connectivity index (χ0n) is 9.05. The SMILES string of the molecule is CCCc1ccc2oc(C)c(C)c2c1. The summed E-state index contributed by atoms with van der Waals surface area (Å²) < 4.78 is 5.63. The van der Waals surface area contributed by atoms with Gasteiger partial charge in [-0.05, 0) is 43.5 Å². The fourth-order valence-electron chi connectivity index (χ4n) is 1.83. The van der Waals surface area contributed by atoms with Gasteiger partial charge in [0.25, 0.3) is 0 Å². The van der Waals surface area contributed by atoms with E-state index in [-0.39, 0.29) is 0 Å². The summed E-state index contributed by atoms with van der Waals surface area (Å²) in [6.07, 6.45) is 2.35. The molecule has 1 aromatic carbocycles. The van der Waals surface area contributed by atoms with E-state index in [0.717, 1.165) is 17.8 Å². The first-order valence-corrected chi connectivity index (χ1v) is 5.21. The van der Waals surface area contributed by atoms with E-state index in [1.54, 1.807) is 0 Å². The van der Waals surface area contributed by atoms with Gasteiger partial charge in [-0.25, -0.2) is 0 Å². The Bertz CT molecular complexity index is 451. The molecule has 0 saturated heterocycles. The maximum atomic E-state index is 5.63. The first-order chi connectivity index (χ1) is 6.72. The van der Waals surface area contributed by atoms with Crippen molar-refractivity contribution in [3.8, 4) is 0 Å². The minimum Gasteiger partial charge on any atom is -0.461 e.